The van der Waals surface area contributed by atoms with Crippen LogP contribution in [0.4, 0.5) is 10.1 Å². The van der Waals surface area contributed by atoms with Crippen LogP contribution in [-0.4, -0.2) is 60.6 Å². The zero-order valence-corrected chi connectivity index (χ0v) is 19.6. The molecule has 1 heterocycles. The molecule has 11 heteroatoms. The van der Waals surface area contributed by atoms with Gasteiger partial charge in [-0.2, -0.15) is 8.42 Å². The number of aryl methyl sites for hydroxylation is 1. The number of nitrogens with one attached hydrogen (secondary N) is 2. The summed E-state index contributed by atoms with van der Waals surface area (Å²) in [7, 11) is -2.66. The van der Waals surface area contributed by atoms with Gasteiger partial charge in [0.1, 0.15) is 18.0 Å². The van der Waals surface area contributed by atoms with Gasteiger partial charge in [-0.1, -0.05) is 13.8 Å². The maximum atomic E-state index is 15.8. The third-order valence-electron chi connectivity index (χ3n) is 5.57. The minimum atomic E-state index is -4.20. The van der Waals surface area contributed by atoms with E-state index in [9.17, 15) is 13.2 Å². The molecule has 1 aliphatic carbocycles. The summed E-state index contributed by atoms with van der Waals surface area (Å²) >= 11 is 0. The van der Waals surface area contributed by atoms with Crippen LogP contribution in [0.5, 0.6) is 5.75 Å². The fourth-order valence-electron chi connectivity index (χ4n) is 3.87. The molecule has 1 saturated heterocycles. The van der Waals surface area contributed by atoms with Gasteiger partial charge in [-0.3, -0.25) is 4.79 Å². The van der Waals surface area contributed by atoms with Gasteiger partial charge in [-0.25, -0.2) is 13.4 Å². The quantitative estimate of drug-likeness (QED) is 0.371. The predicted octanol–water partition coefficient (Wildman–Crippen LogP) is 1.50. The van der Waals surface area contributed by atoms with Crippen LogP contribution in [-0.2, 0) is 37.3 Å². The maximum absolute atomic E-state index is 15.8. The lowest BCUT2D eigenvalue weighted by Gasteiger charge is -2.29. The van der Waals surface area contributed by atoms with Crippen LogP contribution in [0, 0.1) is 11.7 Å². The van der Waals surface area contributed by atoms with Crippen LogP contribution in [0.1, 0.15) is 37.8 Å². The van der Waals surface area contributed by atoms with Crippen molar-refractivity contribution < 1.29 is 31.8 Å². The SMILES string of the molecule is COCCOCOc1cc2c(c(F)c1N1CC(=O)NS1(=O)=O)C[C@H](NCCC(C)C)CC2. The molecule has 9 nitrogen and oxygen atoms in total. The smallest absolute Gasteiger partial charge is 0.326 e. The third kappa shape index (κ3) is 5.89. The van der Waals surface area contributed by atoms with Crippen LogP contribution < -0.4 is 19.1 Å². The van der Waals surface area contributed by atoms with Gasteiger partial charge in [-0.15, -0.1) is 0 Å². The van der Waals surface area contributed by atoms with E-state index < -0.39 is 28.5 Å². The molecule has 3 rings (SSSR count). The Balaban J connectivity index is 1.88. The average molecular weight is 474 g/mol. The van der Waals surface area contributed by atoms with Gasteiger partial charge in [0.25, 0.3) is 5.91 Å². The summed E-state index contributed by atoms with van der Waals surface area (Å²) in [6.07, 6.45) is 2.94. The zero-order valence-electron chi connectivity index (χ0n) is 18.8. The molecule has 1 aromatic rings. The first-order chi connectivity index (χ1) is 15.2. The van der Waals surface area contributed by atoms with E-state index in [1.807, 2.05) is 4.72 Å². The molecule has 0 saturated carbocycles. The molecular weight excluding hydrogens is 441 g/mol. The van der Waals surface area contributed by atoms with Gasteiger partial charge in [0, 0.05) is 13.2 Å². The number of hydrogen-bond donors (Lipinski definition) is 2. The highest BCUT2D eigenvalue weighted by Crippen LogP contribution is 2.40. The first-order valence-electron chi connectivity index (χ1n) is 10.8. The number of halogens is 1. The monoisotopic (exact) mass is 473 g/mol. The highest BCUT2D eigenvalue weighted by atomic mass is 32.2. The van der Waals surface area contributed by atoms with Crippen LogP contribution in [0.15, 0.2) is 6.07 Å². The molecule has 1 atom stereocenters. The maximum Gasteiger partial charge on any atom is 0.326 e. The first kappa shape index (κ1) is 24.7. The summed E-state index contributed by atoms with van der Waals surface area (Å²) in [5.74, 6) is -0.801. The number of methoxy groups -OCH3 is 1. The number of rotatable bonds is 11. The largest absolute Gasteiger partial charge is 0.465 e. The highest BCUT2D eigenvalue weighted by Gasteiger charge is 2.39. The highest BCUT2D eigenvalue weighted by molar-refractivity contribution is 7.92. The number of ether oxygens (including phenoxy) is 3. The molecule has 32 heavy (non-hydrogen) atoms. The number of benzene rings is 1. The van der Waals surface area contributed by atoms with Crippen molar-refractivity contribution in [1.82, 2.24) is 10.0 Å². The van der Waals surface area contributed by atoms with Gasteiger partial charge in [-0.05, 0) is 55.3 Å². The average Bonchev–Trinajstić information content (AvgIpc) is 2.99. The molecule has 0 radical (unpaired) electrons. The van der Waals surface area contributed by atoms with Crippen molar-refractivity contribution in [3.63, 3.8) is 0 Å². The minimum absolute atomic E-state index is 0.0324. The van der Waals surface area contributed by atoms with Crippen LogP contribution in [0.3, 0.4) is 0 Å². The Labute approximate surface area is 188 Å². The number of nitrogens with zero attached hydrogens (tertiary/aromatic N) is 1. The molecule has 2 N–H and O–H groups in total. The summed E-state index contributed by atoms with van der Waals surface area (Å²) in [6, 6.07) is 1.76. The molecule has 1 aliphatic heterocycles. The van der Waals surface area contributed by atoms with E-state index >= 15 is 4.39 Å². The summed E-state index contributed by atoms with van der Waals surface area (Å²) in [6.45, 7) is 5.06. The second kappa shape index (κ2) is 10.8. The lowest BCUT2D eigenvalue weighted by Crippen LogP contribution is -2.37. The second-order valence-electron chi connectivity index (χ2n) is 8.45. The Kier molecular flexibility index (Phi) is 8.32. The number of hydrogen-bond acceptors (Lipinski definition) is 7. The Morgan fingerprint density at radius 3 is 2.78 bits per heavy atom. The molecule has 0 aromatic heterocycles. The summed E-state index contributed by atoms with van der Waals surface area (Å²) in [4.78, 5) is 11.8. The Morgan fingerprint density at radius 1 is 1.34 bits per heavy atom. The van der Waals surface area contributed by atoms with Crippen molar-refractivity contribution in [3.8, 4) is 5.75 Å². The number of amides is 1. The fraction of sp³-hybridized carbons (Fsp3) is 0.667. The number of carbonyl (C=O) groups is 1. The summed E-state index contributed by atoms with van der Waals surface area (Å²) < 4.78 is 59.1. The van der Waals surface area contributed by atoms with E-state index in [1.54, 1.807) is 6.07 Å². The molecule has 180 valence electrons. The fourth-order valence-corrected chi connectivity index (χ4v) is 5.03. The zero-order chi connectivity index (χ0) is 23.3. The minimum Gasteiger partial charge on any atom is -0.465 e. The van der Waals surface area contributed by atoms with Crippen molar-refractivity contribution in [2.24, 2.45) is 5.92 Å². The molecule has 1 aromatic carbocycles. The lowest BCUT2D eigenvalue weighted by atomic mass is 9.87. The van der Waals surface area contributed by atoms with E-state index in [1.165, 1.54) is 7.11 Å². The van der Waals surface area contributed by atoms with Crippen molar-refractivity contribution in [2.75, 3.05) is 44.5 Å². The summed E-state index contributed by atoms with van der Waals surface area (Å²) in [5.41, 5.74) is 0.965. The van der Waals surface area contributed by atoms with E-state index in [-0.39, 0.29) is 30.9 Å². The second-order valence-corrected chi connectivity index (χ2v) is 10.0. The number of fused-ring (bicyclic) bond motifs is 1. The predicted molar refractivity (Wildman–Crippen MR) is 117 cm³/mol. The van der Waals surface area contributed by atoms with E-state index in [2.05, 4.69) is 19.2 Å². The van der Waals surface area contributed by atoms with Crippen LogP contribution >= 0.6 is 0 Å². The molecule has 1 fully saturated rings. The normalized spacial score (nSPS) is 19.8. The molecule has 0 unspecified atom stereocenters. The van der Waals surface area contributed by atoms with Gasteiger partial charge < -0.3 is 19.5 Å². The van der Waals surface area contributed by atoms with E-state index in [0.717, 1.165) is 29.3 Å². The first-order valence-corrected chi connectivity index (χ1v) is 12.3. The van der Waals surface area contributed by atoms with E-state index in [0.29, 0.717) is 30.9 Å². The Hall–Kier alpha value is -1.95. The Morgan fingerprint density at radius 2 is 2.12 bits per heavy atom. The van der Waals surface area contributed by atoms with Crippen molar-refractivity contribution in [3.05, 3.63) is 23.0 Å². The van der Waals surface area contributed by atoms with Crippen molar-refractivity contribution >= 4 is 21.8 Å². The van der Waals surface area contributed by atoms with Crippen molar-refractivity contribution in [1.29, 1.82) is 0 Å². The third-order valence-corrected chi connectivity index (χ3v) is 6.94. The van der Waals surface area contributed by atoms with Gasteiger partial charge in [0.15, 0.2) is 12.6 Å². The summed E-state index contributed by atoms with van der Waals surface area (Å²) in [5, 5.41) is 3.47. The van der Waals surface area contributed by atoms with Gasteiger partial charge >= 0.3 is 10.2 Å². The molecule has 0 spiro atoms. The van der Waals surface area contributed by atoms with Crippen LogP contribution in [0.25, 0.3) is 0 Å². The molecule has 0 bridgehead atoms. The molecule has 2 aliphatic rings. The number of carbonyl (C=O) groups excluding carboxylic acids is 1. The number of anilines is 1. The van der Waals surface area contributed by atoms with Gasteiger partial charge in [0.2, 0.25) is 0 Å². The molecule has 1 amide bonds. The van der Waals surface area contributed by atoms with Gasteiger partial charge in [0.05, 0.1) is 13.2 Å². The molecular formula is C21H32FN3O6S. The lowest BCUT2D eigenvalue weighted by molar-refractivity contribution is -0.117. The van der Waals surface area contributed by atoms with E-state index in [4.69, 9.17) is 14.2 Å². The van der Waals surface area contributed by atoms with Crippen LogP contribution in [0.2, 0.25) is 0 Å². The Bertz CT molecular complexity index is 925. The topological polar surface area (TPSA) is 106 Å². The van der Waals surface area contributed by atoms with Crippen molar-refractivity contribution in [2.45, 2.75) is 45.6 Å². The standard InChI is InChI=1S/C21H32FN3O6S/c1-14(2)6-7-23-16-5-4-15-10-18(31-13-30-9-8-29-3)21(20(22)17(15)11-16)25-12-19(26)24-32(25,27)28/h10,14,16,23H,4-9,11-13H2,1-3H3,(H,24,26)/t16-/m1/s1.